The van der Waals surface area contributed by atoms with Gasteiger partial charge >= 0.3 is 6.18 Å². The van der Waals surface area contributed by atoms with Crippen LogP contribution in [0.1, 0.15) is 41.0 Å². The molecule has 4 aliphatic rings. The van der Waals surface area contributed by atoms with Gasteiger partial charge in [-0.3, -0.25) is 29.9 Å². The summed E-state index contributed by atoms with van der Waals surface area (Å²) in [6.45, 7) is 1.69. The number of hydrazine groups is 1. The van der Waals surface area contributed by atoms with Crippen LogP contribution in [0.2, 0.25) is 10.0 Å². The Morgan fingerprint density at radius 3 is 2.40 bits per heavy atom. The highest BCUT2D eigenvalue weighted by atomic mass is 35.5. The molecule has 0 bridgehead atoms. The lowest BCUT2D eigenvalue weighted by molar-refractivity contribution is -0.139. The first-order valence-corrected chi connectivity index (χ1v) is 15.5. The Bertz CT molecular complexity index is 1920. The molecule has 3 N–H and O–H groups in total. The molecule has 7 rings (SSSR count). The van der Waals surface area contributed by atoms with E-state index in [0.717, 1.165) is 5.01 Å². The lowest BCUT2D eigenvalue weighted by Gasteiger charge is -2.50. The lowest BCUT2D eigenvalue weighted by Crippen LogP contribution is -2.53. The number of phenols is 1. The molecule has 1 saturated carbocycles. The summed E-state index contributed by atoms with van der Waals surface area (Å²) in [5.41, 5.74) is 2.04. The molecule has 3 heterocycles. The van der Waals surface area contributed by atoms with Crippen LogP contribution in [0.25, 0.3) is 0 Å². The average molecular weight is 685 g/mol. The number of nitrogens with zero attached hydrogens (tertiary/aromatic N) is 2. The first kappa shape index (κ1) is 31.2. The van der Waals surface area contributed by atoms with Gasteiger partial charge in [-0.1, -0.05) is 59.1 Å². The van der Waals surface area contributed by atoms with Gasteiger partial charge in [0, 0.05) is 17.1 Å². The fraction of sp³-hybridized carbons (Fsp3) is 0.303. The molecule has 3 aromatic rings. The Hall–Kier alpha value is -4.42. The minimum Gasteiger partial charge on any atom is -0.508 e. The van der Waals surface area contributed by atoms with E-state index in [0.29, 0.717) is 39.5 Å². The molecule has 2 aromatic carbocycles. The highest BCUT2D eigenvalue weighted by Gasteiger charge is 2.70. The Balaban J connectivity index is 1.44. The zero-order valence-electron chi connectivity index (χ0n) is 24.4. The van der Waals surface area contributed by atoms with E-state index < -0.39 is 75.4 Å². The average Bonchev–Trinajstić information content (AvgIpc) is 3.43. The number of pyridine rings is 1. The van der Waals surface area contributed by atoms with E-state index in [9.17, 15) is 32.7 Å². The molecule has 6 atom stereocenters. The van der Waals surface area contributed by atoms with Crippen molar-refractivity contribution in [1.29, 1.82) is 0 Å². The van der Waals surface area contributed by atoms with Crippen LogP contribution in [0.4, 0.5) is 19.0 Å². The standard InChI is InChI=1S/C33H25Cl2F3N4O5/c1-14-10-15(2-9-24(14)43)26-19-7-8-20-25(29(45)40-28(20)44)21(19)12-22-30(46)42(31(47)32(22,26)16-3-5-18(34)6-4-16)41-27-23(35)11-17(13-39-27)33(36,37)38/h2-7,9-11,13,20-22,25-26,43H,8,12H2,1H3,(H,39,41)(H,40,44,45)/t20-,21+,22-,25-,26-,32+/m0/s1. The first-order chi connectivity index (χ1) is 22.2. The summed E-state index contributed by atoms with van der Waals surface area (Å²) in [4.78, 5) is 59.2. The Labute approximate surface area is 275 Å². The molecule has 47 heavy (non-hydrogen) atoms. The number of aromatic hydroxyl groups is 1. The number of rotatable bonds is 4. The fourth-order valence-electron chi connectivity index (χ4n) is 7.93. The summed E-state index contributed by atoms with van der Waals surface area (Å²) < 4.78 is 40.0. The van der Waals surface area contributed by atoms with Gasteiger partial charge in [-0.25, -0.2) is 4.98 Å². The second-order valence-electron chi connectivity index (χ2n) is 12.3. The van der Waals surface area contributed by atoms with E-state index >= 15 is 4.79 Å². The Morgan fingerprint density at radius 2 is 1.74 bits per heavy atom. The molecule has 2 saturated heterocycles. The maximum Gasteiger partial charge on any atom is 0.417 e. The number of hydrogen-bond donors (Lipinski definition) is 3. The highest BCUT2D eigenvalue weighted by Crippen LogP contribution is 2.64. The molecular formula is C33H25Cl2F3N4O5. The third-order valence-corrected chi connectivity index (χ3v) is 10.5. The predicted octanol–water partition coefficient (Wildman–Crippen LogP) is 5.69. The summed E-state index contributed by atoms with van der Waals surface area (Å²) in [5.74, 6) is -6.63. The zero-order chi connectivity index (χ0) is 33.6. The van der Waals surface area contributed by atoms with Crippen LogP contribution in [0.5, 0.6) is 5.75 Å². The van der Waals surface area contributed by atoms with Crippen LogP contribution in [-0.2, 0) is 30.8 Å². The molecule has 4 amide bonds. The van der Waals surface area contributed by atoms with Gasteiger partial charge in [-0.2, -0.15) is 18.2 Å². The third kappa shape index (κ3) is 4.63. The highest BCUT2D eigenvalue weighted by molar-refractivity contribution is 6.33. The smallest absolute Gasteiger partial charge is 0.417 e. The van der Waals surface area contributed by atoms with Gasteiger partial charge in [0.1, 0.15) is 5.75 Å². The second-order valence-corrected chi connectivity index (χ2v) is 13.2. The van der Waals surface area contributed by atoms with E-state index in [1.807, 2.05) is 6.08 Å². The zero-order valence-corrected chi connectivity index (χ0v) is 26.0. The van der Waals surface area contributed by atoms with Crippen molar-refractivity contribution in [3.63, 3.8) is 0 Å². The number of hydrogen-bond acceptors (Lipinski definition) is 7. The van der Waals surface area contributed by atoms with Gasteiger partial charge < -0.3 is 5.11 Å². The lowest BCUT2D eigenvalue weighted by atomic mass is 9.49. The molecule has 1 aromatic heterocycles. The molecule has 0 spiro atoms. The Morgan fingerprint density at radius 1 is 1.02 bits per heavy atom. The summed E-state index contributed by atoms with van der Waals surface area (Å²) in [5, 5.41) is 13.5. The summed E-state index contributed by atoms with van der Waals surface area (Å²) in [6, 6.07) is 12.0. The van der Waals surface area contributed by atoms with Crippen molar-refractivity contribution in [2.24, 2.45) is 23.7 Å². The SMILES string of the molecule is Cc1cc([C@H]2C3=CC[C@@H]4C(=O)NC(=O)[C@@H]4[C@@H]3C[C@H]3C(=O)N(Nc4ncc(C(F)(F)F)cc4Cl)C(=O)[C@@]23c2ccc(Cl)cc2)ccc1O. The molecule has 242 valence electrons. The van der Waals surface area contributed by atoms with Crippen molar-refractivity contribution < 1.29 is 37.5 Å². The minimum atomic E-state index is -4.73. The van der Waals surface area contributed by atoms with Gasteiger partial charge in [0.25, 0.3) is 11.8 Å². The van der Waals surface area contributed by atoms with Crippen LogP contribution < -0.4 is 10.7 Å². The van der Waals surface area contributed by atoms with Crippen molar-refractivity contribution in [1.82, 2.24) is 15.3 Å². The molecule has 3 fully saturated rings. The number of aromatic nitrogens is 1. The van der Waals surface area contributed by atoms with Crippen molar-refractivity contribution in [2.45, 2.75) is 37.3 Å². The number of benzene rings is 2. The number of anilines is 1. The maximum absolute atomic E-state index is 15.0. The van der Waals surface area contributed by atoms with Crippen LogP contribution in [0.15, 0.2) is 66.4 Å². The van der Waals surface area contributed by atoms with Gasteiger partial charge in [0.05, 0.1) is 33.8 Å². The number of alkyl halides is 3. The van der Waals surface area contributed by atoms with Crippen LogP contribution in [0, 0.1) is 30.6 Å². The van der Waals surface area contributed by atoms with Crippen molar-refractivity contribution >= 4 is 52.6 Å². The monoisotopic (exact) mass is 684 g/mol. The quantitative estimate of drug-likeness (QED) is 0.238. The largest absolute Gasteiger partial charge is 0.508 e. The molecule has 14 heteroatoms. The number of phenolic OH excluding ortho intramolecular Hbond substituents is 1. The van der Waals surface area contributed by atoms with Crippen LogP contribution in [0.3, 0.4) is 0 Å². The Kier molecular flexibility index (Phi) is 7.18. The topological polar surface area (TPSA) is 129 Å². The number of fused-ring (bicyclic) bond motifs is 4. The normalized spacial score (nSPS) is 28.4. The molecule has 0 radical (unpaired) electrons. The summed E-state index contributed by atoms with van der Waals surface area (Å²) in [7, 11) is 0. The third-order valence-electron chi connectivity index (χ3n) is 9.95. The summed E-state index contributed by atoms with van der Waals surface area (Å²) in [6.07, 6.45) is -2.07. The number of carbonyl (C=O) groups excluding carboxylic acids is 4. The number of aryl methyl sites for hydroxylation is 1. The number of carbonyl (C=O) groups is 4. The van der Waals surface area contributed by atoms with E-state index in [4.69, 9.17) is 23.2 Å². The van der Waals surface area contributed by atoms with Crippen LogP contribution in [-0.4, -0.2) is 38.7 Å². The predicted molar refractivity (Wildman–Crippen MR) is 163 cm³/mol. The number of halogens is 5. The molecular weight excluding hydrogens is 660 g/mol. The van der Waals surface area contributed by atoms with Crippen LogP contribution >= 0.6 is 23.2 Å². The van der Waals surface area contributed by atoms with Crippen molar-refractivity contribution in [3.8, 4) is 5.75 Å². The van der Waals surface area contributed by atoms with Gasteiger partial charge in [-0.15, -0.1) is 0 Å². The van der Waals surface area contributed by atoms with Gasteiger partial charge in [0.15, 0.2) is 5.82 Å². The van der Waals surface area contributed by atoms with Gasteiger partial charge in [-0.05, 0) is 66.6 Å². The number of nitrogens with one attached hydrogen (secondary N) is 2. The summed E-state index contributed by atoms with van der Waals surface area (Å²) >= 11 is 12.4. The van der Waals surface area contributed by atoms with Crippen molar-refractivity contribution in [3.05, 3.63) is 98.7 Å². The minimum absolute atomic E-state index is 0.0109. The van der Waals surface area contributed by atoms with Gasteiger partial charge in [0.2, 0.25) is 11.8 Å². The van der Waals surface area contributed by atoms with E-state index in [1.165, 1.54) is 6.07 Å². The van der Waals surface area contributed by atoms with E-state index in [2.05, 4.69) is 15.7 Å². The van der Waals surface area contributed by atoms with E-state index in [-0.39, 0.29) is 24.4 Å². The van der Waals surface area contributed by atoms with E-state index in [1.54, 1.807) is 43.3 Å². The number of amides is 4. The molecule has 2 aliphatic heterocycles. The first-order valence-electron chi connectivity index (χ1n) is 14.7. The molecule has 0 unspecified atom stereocenters. The number of imide groups is 2. The molecule has 9 nitrogen and oxygen atoms in total. The second kappa shape index (κ2) is 10.8. The molecule has 2 aliphatic carbocycles. The maximum atomic E-state index is 15.0. The number of allylic oxidation sites excluding steroid dienone is 2. The van der Waals surface area contributed by atoms with Crippen molar-refractivity contribution in [2.75, 3.05) is 5.43 Å². The fourth-order valence-corrected chi connectivity index (χ4v) is 8.26.